The van der Waals surface area contributed by atoms with Crippen molar-refractivity contribution in [1.82, 2.24) is 41.0 Å². The summed E-state index contributed by atoms with van der Waals surface area (Å²) in [7, 11) is 0. The maximum absolute atomic E-state index is 15.3. The molecule has 356 valence electrons. The summed E-state index contributed by atoms with van der Waals surface area (Å²) < 4.78 is 27.4. The molecule has 0 bridgehead atoms. The summed E-state index contributed by atoms with van der Waals surface area (Å²) in [6.07, 6.45) is 4.85. The van der Waals surface area contributed by atoms with Crippen molar-refractivity contribution in [2.24, 2.45) is 0 Å². The molecule has 5 heterocycles. The first kappa shape index (κ1) is 48.1. The van der Waals surface area contributed by atoms with Gasteiger partial charge in [-0.15, -0.1) is 0 Å². The minimum absolute atomic E-state index is 0.0420. The van der Waals surface area contributed by atoms with E-state index in [1.165, 1.54) is 43.6 Å². The number of esters is 1. The molecule has 7 rings (SSSR count). The van der Waals surface area contributed by atoms with Crippen LogP contribution in [0.25, 0.3) is 22.3 Å². The lowest BCUT2D eigenvalue weighted by molar-refractivity contribution is -0.172. The molecule has 1 unspecified atom stereocenters. The van der Waals surface area contributed by atoms with Gasteiger partial charge in [-0.1, -0.05) is 13.3 Å². The molecule has 4 aliphatic rings. The smallest absolute Gasteiger partial charge is 0.343 e. The van der Waals surface area contributed by atoms with Crippen molar-refractivity contribution in [3.8, 4) is 11.4 Å². The Kier molecular flexibility index (Phi) is 14.0. The lowest BCUT2D eigenvalue weighted by Gasteiger charge is -2.31. The summed E-state index contributed by atoms with van der Waals surface area (Å²) in [5.41, 5.74) is 1.25. The van der Waals surface area contributed by atoms with E-state index in [-0.39, 0.29) is 61.4 Å². The number of fused-ring (bicyclic) bond motifs is 5. The Morgan fingerprint density at radius 3 is 2.27 bits per heavy atom. The van der Waals surface area contributed by atoms with E-state index >= 15 is 4.39 Å². The highest BCUT2D eigenvalue weighted by atomic mass is 19.1. The zero-order chi connectivity index (χ0) is 48.5. The van der Waals surface area contributed by atoms with Crippen molar-refractivity contribution in [2.75, 3.05) is 19.9 Å². The largest absolute Gasteiger partial charge is 0.458 e. The molecule has 0 spiro atoms. The number of carbonyl (C=O) groups excluding carboxylic acids is 8. The number of halogens is 1. The first-order valence-corrected chi connectivity index (χ1v) is 22.2. The fourth-order valence-electron chi connectivity index (χ4n) is 8.92. The van der Waals surface area contributed by atoms with Crippen LogP contribution in [0.15, 0.2) is 29.1 Å². The van der Waals surface area contributed by atoms with Crippen molar-refractivity contribution in [2.45, 2.75) is 122 Å². The maximum atomic E-state index is 15.3. The Morgan fingerprint density at radius 2 is 1.58 bits per heavy atom. The van der Waals surface area contributed by atoms with E-state index in [0.717, 1.165) is 10.5 Å². The first-order valence-electron chi connectivity index (χ1n) is 22.2. The fraction of sp³-hybridized carbons (Fsp3) is 0.478. The Morgan fingerprint density at radius 1 is 0.910 bits per heavy atom. The second-order valence-electron chi connectivity index (χ2n) is 17.2. The topological polar surface area (TPSA) is 274 Å². The van der Waals surface area contributed by atoms with Gasteiger partial charge < -0.3 is 45.7 Å². The van der Waals surface area contributed by atoms with Gasteiger partial charge in [-0.25, -0.2) is 14.2 Å². The number of carbonyl (C=O) groups is 8. The highest BCUT2D eigenvalue weighted by molar-refractivity contribution is 6.12. The average Bonchev–Trinajstić information content (AvgIpc) is 3.83. The van der Waals surface area contributed by atoms with Crippen molar-refractivity contribution in [3.05, 3.63) is 73.8 Å². The van der Waals surface area contributed by atoms with Crippen LogP contribution in [0.3, 0.4) is 0 Å². The third kappa shape index (κ3) is 9.55. The molecule has 7 amide bonds. The molecule has 0 fully saturated rings. The van der Waals surface area contributed by atoms with Gasteiger partial charge in [0.2, 0.25) is 29.5 Å². The normalized spacial score (nSPS) is 19.2. The first-order chi connectivity index (χ1) is 31.8. The van der Waals surface area contributed by atoms with Gasteiger partial charge >= 0.3 is 5.97 Å². The number of unbranched alkanes of at least 4 members (excludes halogenated alkanes) is 2. The Labute approximate surface area is 383 Å². The Balaban J connectivity index is 0.890. The van der Waals surface area contributed by atoms with Gasteiger partial charge in [-0.05, 0) is 82.6 Å². The summed E-state index contributed by atoms with van der Waals surface area (Å²) in [5.74, 6) is -4.93. The third-order valence-electron chi connectivity index (χ3n) is 12.8. The molecule has 1 aromatic carbocycles. The predicted octanol–water partition coefficient (Wildman–Crippen LogP) is 0.720. The highest BCUT2D eigenvalue weighted by Gasteiger charge is 2.46. The number of aryl methyl sites for hydroxylation is 1. The molecule has 20 nitrogen and oxygen atoms in total. The second kappa shape index (κ2) is 19.5. The number of benzene rings is 1. The number of hydrogen-bond acceptors (Lipinski definition) is 13. The second-order valence-corrected chi connectivity index (χ2v) is 17.2. The number of nitrogens with one attached hydrogen (secondary N) is 5. The average molecular weight is 929 g/mol. The number of aromatic nitrogens is 2. The third-order valence-corrected chi connectivity index (χ3v) is 12.8. The van der Waals surface area contributed by atoms with E-state index in [2.05, 4.69) is 26.6 Å². The highest BCUT2D eigenvalue weighted by Crippen LogP contribution is 2.46. The van der Waals surface area contributed by atoms with Crippen LogP contribution < -0.4 is 32.1 Å². The maximum Gasteiger partial charge on any atom is 0.343 e. The number of nitrogens with zero attached hydrogens (tertiary/aromatic N) is 3. The van der Waals surface area contributed by atoms with E-state index in [1.807, 2.05) is 0 Å². The molecular weight excluding hydrogens is 876 g/mol. The number of imide groups is 1. The number of ether oxygens (including phenoxy) is 2. The van der Waals surface area contributed by atoms with Gasteiger partial charge in [-0.3, -0.25) is 43.3 Å². The Bertz CT molecular complexity index is 2680. The molecule has 21 heteroatoms. The van der Waals surface area contributed by atoms with Crippen molar-refractivity contribution < 1.29 is 57.3 Å². The molecule has 5 atom stereocenters. The van der Waals surface area contributed by atoms with E-state index in [4.69, 9.17) is 14.5 Å². The molecule has 0 saturated carbocycles. The van der Waals surface area contributed by atoms with Gasteiger partial charge in [0.05, 0.1) is 35.1 Å². The van der Waals surface area contributed by atoms with Crippen LogP contribution in [0.1, 0.15) is 106 Å². The summed E-state index contributed by atoms with van der Waals surface area (Å²) >= 11 is 0. The minimum atomic E-state index is -2.04. The molecule has 1 aliphatic carbocycles. The van der Waals surface area contributed by atoms with Crippen molar-refractivity contribution in [3.63, 3.8) is 0 Å². The van der Waals surface area contributed by atoms with Crippen LogP contribution in [-0.4, -0.2) is 105 Å². The quantitative estimate of drug-likeness (QED) is 0.0348. The van der Waals surface area contributed by atoms with Gasteiger partial charge in [-0.2, -0.15) is 0 Å². The van der Waals surface area contributed by atoms with Crippen LogP contribution in [-0.2, 0) is 73.0 Å². The number of hydrogen-bond donors (Lipinski definition) is 6. The van der Waals surface area contributed by atoms with E-state index in [1.54, 1.807) is 19.9 Å². The summed E-state index contributed by atoms with van der Waals surface area (Å²) in [4.78, 5) is 120. The molecule has 67 heavy (non-hydrogen) atoms. The summed E-state index contributed by atoms with van der Waals surface area (Å²) in [6, 6.07) is -0.852. The number of rotatable bonds is 18. The fourth-order valence-corrected chi connectivity index (χ4v) is 8.92. The summed E-state index contributed by atoms with van der Waals surface area (Å²) in [5, 5.41) is 25.0. The number of aliphatic hydroxyl groups is 1. The van der Waals surface area contributed by atoms with Gasteiger partial charge in [0, 0.05) is 47.7 Å². The molecule has 6 N–H and O–H groups in total. The number of pyridine rings is 2. The van der Waals surface area contributed by atoms with Crippen LogP contribution in [0.5, 0.6) is 0 Å². The SMILES string of the molecule is CCC1(O)C(=O)OCc2c1cc1n(c2=O)Cc2c-1nc1cc(F)c(C)c3c1c2[C@@H](NC(=O)COCNC(=O)[C@H](C)NC(=O)[C@H](C)NC(=O)[C@H](C)NC(=O)CCCCCN1C(=O)C=CC1=O)CC3. The number of amides is 7. The number of cyclic esters (lactones) is 1. The van der Waals surface area contributed by atoms with Crippen LogP contribution >= 0.6 is 0 Å². The minimum Gasteiger partial charge on any atom is -0.458 e. The molecule has 2 aromatic heterocycles. The Hall–Kier alpha value is -6.87. The van der Waals surface area contributed by atoms with Crippen molar-refractivity contribution >= 4 is 58.2 Å². The van der Waals surface area contributed by atoms with E-state index in [9.17, 15) is 48.3 Å². The van der Waals surface area contributed by atoms with Gasteiger partial charge in [0.15, 0.2) is 5.60 Å². The standard InChI is InChI=1S/C46H53FN8O12/c1-6-46(65)29-16-33-40-27(18-55(33)44(63)28(29)19-67-45(46)64)39-31(12-11-26-22(2)30(47)17-32(53-40)38(26)39)52-35(57)20-66-21-48-41(60)23(3)50-43(62)25(5)51-42(61)24(4)49-34(56)10-8-7-9-15-54-36(58)13-14-37(54)59/h13-14,16-17,23-25,31,65H,6-12,15,18-21H2,1-5H3,(H,48,60)(H,49,56)(H,50,62)(H,51,61)(H,52,57)/t23-,24-,25-,31-,46?/m0/s1. The van der Waals surface area contributed by atoms with Crippen LogP contribution in [0.4, 0.5) is 4.39 Å². The van der Waals surface area contributed by atoms with Crippen LogP contribution in [0, 0.1) is 12.7 Å². The molecule has 3 aromatic rings. The van der Waals surface area contributed by atoms with Gasteiger partial charge in [0.1, 0.15) is 43.9 Å². The van der Waals surface area contributed by atoms with E-state index < -0.39 is 84.1 Å². The lowest BCUT2D eigenvalue weighted by Crippen LogP contribution is -2.54. The molecule has 0 radical (unpaired) electrons. The molecule has 3 aliphatic heterocycles. The predicted molar refractivity (Wildman–Crippen MR) is 235 cm³/mol. The van der Waals surface area contributed by atoms with Crippen molar-refractivity contribution in [1.29, 1.82) is 0 Å². The zero-order valence-electron chi connectivity index (χ0n) is 37.8. The lowest BCUT2D eigenvalue weighted by atomic mass is 9.81. The summed E-state index contributed by atoms with van der Waals surface area (Å²) in [6.45, 7) is 6.69. The zero-order valence-corrected chi connectivity index (χ0v) is 37.8. The van der Waals surface area contributed by atoms with Crippen LogP contribution in [0.2, 0.25) is 0 Å². The molecular formula is C46H53FN8O12. The van der Waals surface area contributed by atoms with Gasteiger partial charge in [0.25, 0.3) is 17.4 Å². The monoisotopic (exact) mass is 928 g/mol. The van der Waals surface area contributed by atoms with E-state index in [0.29, 0.717) is 71.1 Å². The molecule has 0 saturated heterocycles.